The smallest absolute Gasteiger partial charge is 0.215 e. The molecule has 7 nitrogen and oxygen atoms in total. The van der Waals surface area contributed by atoms with Gasteiger partial charge in [0, 0.05) is 13.1 Å². The molecule has 0 spiro atoms. The minimum absolute atomic E-state index is 0.0252. The number of nitrogens with zero attached hydrogens (tertiary/aromatic N) is 1. The predicted molar refractivity (Wildman–Crippen MR) is 118 cm³/mol. The molecule has 0 fully saturated rings. The van der Waals surface area contributed by atoms with E-state index in [0.29, 0.717) is 6.54 Å². The third-order valence-corrected chi connectivity index (χ3v) is 5.66. The maximum Gasteiger partial charge on any atom is 0.215 e. The number of rotatable bonds is 10. The van der Waals surface area contributed by atoms with Gasteiger partial charge in [-0.2, -0.15) is 0 Å². The largest absolute Gasteiger partial charge is 0.497 e. The van der Waals surface area contributed by atoms with E-state index in [1.165, 1.54) is 12.6 Å². The number of hydrogen-bond donors (Lipinski definition) is 3. The highest BCUT2D eigenvalue weighted by Gasteiger charge is 2.08. The number of ether oxygens (including phenoxy) is 1. The van der Waals surface area contributed by atoms with Crippen LogP contribution < -0.4 is 20.1 Å². The molecule has 0 bridgehead atoms. The second kappa shape index (κ2) is 11.4. The van der Waals surface area contributed by atoms with E-state index in [0.717, 1.165) is 42.3 Å². The molecule has 0 radical (unpaired) electrons. The van der Waals surface area contributed by atoms with Crippen LogP contribution in [0, 0.1) is 0 Å². The van der Waals surface area contributed by atoms with Gasteiger partial charge in [-0.05, 0) is 49.2 Å². The zero-order valence-electron chi connectivity index (χ0n) is 17.2. The average molecular weight is 419 g/mol. The van der Waals surface area contributed by atoms with Crippen LogP contribution in [0.3, 0.4) is 0 Å². The van der Waals surface area contributed by atoms with E-state index in [4.69, 9.17) is 4.74 Å². The summed E-state index contributed by atoms with van der Waals surface area (Å²) in [7, 11) is -0.181. The number of aliphatic imine (C=N–C) groups is 1. The Kier molecular flexibility index (Phi) is 8.95. The van der Waals surface area contributed by atoms with Crippen molar-refractivity contribution < 1.29 is 13.2 Å². The second-order valence-electron chi connectivity index (χ2n) is 6.50. The zero-order valence-corrected chi connectivity index (χ0v) is 18.1. The minimum Gasteiger partial charge on any atom is -0.497 e. The van der Waals surface area contributed by atoms with Crippen LogP contribution in [0.15, 0.2) is 53.5 Å². The van der Waals surface area contributed by atoms with E-state index in [1.807, 2.05) is 43.3 Å². The first-order chi connectivity index (χ1) is 14.0. The molecule has 0 saturated heterocycles. The third kappa shape index (κ3) is 8.13. The van der Waals surface area contributed by atoms with Gasteiger partial charge in [-0.3, -0.25) is 0 Å². The molecule has 2 aromatic carbocycles. The van der Waals surface area contributed by atoms with Crippen LogP contribution >= 0.6 is 0 Å². The fourth-order valence-corrected chi connectivity index (χ4v) is 3.44. The van der Waals surface area contributed by atoms with E-state index in [-0.39, 0.29) is 5.75 Å². The fraction of sp³-hybridized carbons (Fsp3) is 0.381. The maximum atomic E-state index is 11.6. The van der Waals surface area contributed by atoms with Gasteiger partial charge in [0.15, 0.2) is 5.96 Å². The Bertz CT molecular complexity index is 879. The Balaban J connectivity index is 1.88. The summed E-state index contributed by atoms with van der Waals surface area (Å²) in [4.78, 5) is 4.61. The highest BCUT2D eigenvalue weighted by Crippen LogP contribution is 2.11. The van der Waals surface area contributed by atoms with Crippen molar-refractivity contribution in [2.45, 2.75) is 25.6 Å². The standard InChI is InChI=1S/C21H30N4O3S/c1-4-23-21(24-14-13-17-9-11-20(28-3)12-10-17)25-15-18-5-7-19(8-6-18)16-29(26,27)22-2/h5-12,22H,4,13-16H2,1-3H3,(H2,23,24,25). The second-order valence-corrected chi connectivity index (χ2v) is 8.43. The van der Waals surface area contributed by atoms with Gasteiger partial charge >= 0.3 is 0 Å². The highest BCUT2D eigenvalue weighted by atomic mass is 32.2. The summed E-state index contributed by atoms with van der Waals surface area (Å²) in [5, 5.41) is 6.58. The fourth-order valence-electron chi connectivity index (χ4n) is 2.66. The van der Waals surface area contributed by atoms with Gasteiger partial charge in [0.25, 0.3) is 0 Å². The van der Waals surface area contributed by atoms with Gasteiger partial charge in [0.05, 0.1) is 19.4 Å². The number of benzene rings is 2. The molecule has 0 saturated carbocycles. The minimum atomic E-state index is -3.26. The molecule has 2 aromatic rings. The number of guanidine groups is 1. The lowest BCUT2D eigenvalue weighted by atomic mass is 10.1. The zero-order chi connectivity index (χ0) is 21.1. The first-order valence-electron chi connectivity index (χ1n) is 9.60. The summed E-state index contributed by atoms with van der Waals surface area (Å²) in [6, 6.07) is 15.5. The van der Waals surface area contributed by atoms with Crippen molar-refractivity contribution in [3.8, 4) is 5.75 Å². The maximum absolute atomic E-state index is 11.6. The molecule has 0 heterocycles. The van der Waals surface area contributed by atoms with Crippen molar-refractivity contribution in [1.29, 1.82) is 0 Å². The first kappa shape index (κ1) is 22.7. The van der Waals surface area contributed by atoms with Crippen LogP contribution in [0.1, 0.15) is 23.6 Å². The molecule has 3 N–H and O–H groups in total. The summed E-state index contributed by atoms with van der Waals surface area (Å²) in [5.41, 5.74) is 2.99. The van der Waals surface area contributed by atoms with Crippen molar-refractivity contribution >= 4 is 16.0 Å². The van der Waals surface area contributed by atoms with Crippen LogP contribution in [0.2, 0.25) is 0 Å². The summed E-state index contributed by atoms with van der Waals surface area (Å²) < 4.78 is 30.7. The lowest BCUT2D eigenvalue weighted by Gasteiger charge is -2.12. The Morgan fingerprint density at radius 2 is 1.59 bits per heavy atom. The van der Waals surface area contributed by atoms with Crippen LogP contribution in [0.25, 0.3) is 0 Å². The molecule has 2 rings (SSSR count). The summed E-state index contributed by atoms with van der Waals surface area (Å²) in [6.45, 7) is 4.07. The Labute approximate surface area is 173 Å². The SMILES string of the molecule is CCNC(=NCc1ccc(CS(=O)(=O)NC)cc1)NCCc1ccc(OC)cc1. The van der Waals surface area contributed by atoms with E-state index in [2.05, 4.69) is 32.5 Å². The summed E-state index contributed by atoms with van der Waals surface area (Å²) >= 11 is 0. The van der Waals surface area contributed by atoms with Crippen LogP contribution in [0.5, 0.6) is 5.75 Å². The molecule has 0 atom stereocenters. The molecular formula is C21H30N4O3S. The van der Waals surface area contributed by atoms with Gasteiger partial charge in [-0.25, -0.2) is 18.1 Å². The molecule has 0 unspecified atom stereocenters. The van der Waals surface area contributed by atoms with Gasteiger partial charge in [0.2, 0.25) is 10.0 Å². The molecule has 0 aliphatic carbocycles. The lowest BCUT2D eigenvalue weighted by Crippen LogP contribution is -2.38. The van der Waals surface area contributed by atoms with Crippen LogP contribution in [0.4, 0.5) is 0 Å². The van der Waals surface area contributed by atoms with Crippen LogP contribution in [-0.2, 0) is 28.7 Å². The number of nitrogens with one attached hydrogen (secondary N) is 3. The number of sulfonamides is 1. The van der Waals surface area contributed by atoms with Crippen molar-refractivity contribution in [3.63, 3.8) is 0 Å². The normalized spacial score (nSPS) is 11.9. The number of methoxy groups -OCH3 is 1. The molecule has 0 amide bonds. The highest BCUT2D eigenvalue weighted by molar-refractivity contribution is 7.88. The van der Waals surface area contributed by atoms with Gasteiger partial charge in [-0.1, -0.05) is 36.4 Å². The van der Waals surface area contributed by atoms with Crippen molar-refractivity contribution in [3.05, 3.63) is 65.2 Å². The van der Waals surface area contributed by atoms with Gasteiger partial charge in [-0.15, -0.1) is 0 Å². The molecule has 0 aromatic heterocycles. The molecule has 8 heteroatoms. The van der Waals surface area contributed by atoms with Crippen molar-refractivity contribution in [2.75, 3.05) is 27.2 Å². The molecular weight excluding hydrogens is 388 g/mol. The molecule has 0 aliphatic heterocycles. The van der Waals surface area contributed by atoms with Crippen LogP contribution in [-0.4, -0.2) is 41.6 Å². The molecule has 158 valence electrons. The quantitative estimate of drug-likeness (QED) is 0.406. The Morgan fingerprint density at radius 1 is 0.966 bits per heavy atom. The monoisotopic (exact) mass is 418 g/mol. The molecule has 29 heavy (non-hydrogen) atoms. The Morgan fingerprint density at radius 3 is 2.17 bits per heavy atom. The average Bonchev–Trinajstić information content (AvgIpc) is 2.73. The van der Waals surface area contributed by atoms with E-state index >= 15 is 0 Å². The van der Waals surface area contributed by atoms with E-state index < -0.39 is 10.0 Å². The predicted octanol–water partition coefficient (Wildman–Crippen LogP) is 2.04. The summed E-state index contributed by atoms with van der Waals surface area (Å²) in [5.74, 6) is 1.58. The number of hydrogen-bond acceptors (Lipinski definition) is 4. The van der Waals surface area contributed by atoms with Crippen molar-refractivity contribution in [1.82, 2.24) is 15.4 Å². The lowest BCUT2D eigenvalue weighted by molar-refractivity contribution is 0.414. The topological polar surface area (TPSA) is 91.8 Å². The Hall–Kier alpha value is -2.58. The van der Waals surface area contributed by atoms with Gasteiger partial charge in [0.1, 0.15) is 5.75 Å². The molecule has 0 aliphatic rings. The first-order valence-corrected chi connectivity index (χ1v) is 11.2. The van der Waals surface area contributed by atoms with E-state index in [9.17, 15) is 8.42 Å². The third-order valence-electron chi connectivity index (χ3n) is 4.32. The van der Waals surface area contributed by atoms with Crippen molar-refractivity contribution in [2.24, 2.45) is 4.99 Å². The van der Waals surface area contributed by atoms with E-state index in [1.54, 1.807) is 7.11 Å². The van der Waals surface area contributed by atoms with Gasteiger partial charge < -0.3 is 15.4 Å². The summed E-state index contributed by atoms with van der Waals surface area (Å²) in [6.07, 6.45) is 0.878.